The van der Waals surface area contributed by atoms with E-state index in [1.54, 1.807) is 6.07 Å². The minimum absolute atomic E-state index is 0.0135. The first-order chi connectivity index (χ1) is 8.56. The molecule has 5 heteroatoms. The van der Waals surface area contributed by atoms with E-state index in [2.05, 4.69) is 5.32 Å². The summed E-state index contributed by atoms with van der Waals surface area (Å²) in [5.74, 6) is 0.704. The zero-order valence-corrected chi connectivity index (χ0v) is 11.2. The predicted octanol–water partition coefficient (Wildman–Crippen LogP) is 1.24. The Hall–Kier alpha value is -1.91. The topological polar surface area (TPSA) is 67.6 Å². The smallest absolute Gasteiger partial charge is 0.239 e. The molecule has 1 rings (SSSR count). The number of hydrogen-bond donors (Lipinski definition) is 2. The van der Waals surface area contributed by atoms with Gasteiger partial charge < -0.3 is 20.7 Å². The van der Waals surface area contributed by atoms with Crippen molar-refractivity contribution in [2.75, 3.05) is 37.4 Å². The van der Waals surface area contributed by atoms with Crippen LogP contribution in [0.3, 0.4) is 0 Å². The van der Waals surface area contributed by atoms with Gasteiger partial charge >= 0.3 is 0 Å². The molecule has 0 spiro atoms. The van der Waals surface area contributed by atoms with Crippen LogP contribution in [0.25, 0.3) is 0 Å². The monoisotopic (exact) mass is 251 g/mol. The van der Waals surface area contributed by atoms with Gasteiger partial charge in [0, 0.05) is 37.1 Å². The molecule has 0 saturated carbocycles. The zero-order chi connectivity index (χ0) is 13.5. The van der Waals surface area contributed by atoms with E-state index in [4.69, 9.17) is 10.5 Å². The van der Waals surface area contributed by atoms with E-state index in [0.29, 0.717) is 25.4 Å². The number of nitrogens with one attached hydrogen (secondary N) is 1. The number of benzene rings is 1. The number of carbonyl (C=O) groups excluding carboxylic acids is 1. The molecule has 0 aliphatic carbocycles. The Bertz CT molecular complexity index is 407. The maximum Gasteiger partial charge on any atom is 0.239 e. The third kappa shape index (κ3) is 4.16. The van der Waals surface area contributed by atoms with Gasteiger partial charge in [-0.15, -0.1) is 0 Å². The zero-order valence-electron chi connectivity index (χ0n) is 11.2. The van der Waals surface area contributed by atoms with Crippen molar-refractivity contribution in [2.45, 2.75) is 13.8 Å². The van der Waals surface area contributed by atoms with Gasteiger partial charge in [-0.25, -0.2) is 0 Å². The number of hydrogen-bond acceptors (Lipinski definition) is 4. The summed E-state index contributed by atoms with van der Waals surface area (Å²) in [7, 11) is 1.85. The van der Waals surface area contributed by atoms with Crippen LogP contribution < -0.4 is 20.7 Å². The number of nitrogens with two attached hydrogens (primary N) is 1. The highest BCUT2D eigenvalue weighted by molar-refractivity contribution is 5.81. The van der Waals surface area contributed by atoms with Gasteiger partial charge in [-0.2, -0.15) is 0 Å². The summed E-state index contributed by atoms with van der Waals surface area (Å²) in [6.45, 7) is 5.33. The largest absolute Gasteiger partial charge is 0.494 e. The molecule has 1 aromatic carbocycles. The highest BCUT2D eigenvalue weighted by atomic mass is 16.5. The molecule has 0 saturated heterocycles. The molecule has 0 fully saturated rings. The average Bonchev–Trinajstić information content (AvgIpc) is 2.28. The fraction of sp³-hybridized carbons (Fsp3) is 0.462. The van der Waals surface area contributed by atoms with Gasteiger partial charge in [0.1, 0.15) is 5.75 Å². The van der Waals surface area contributed by atoms with Crippen LogP contribution in [-0.4, -0.2) is 32.7 Å². The first kappa shape index (κ1) is 14.2. The first-order valence-electron chi connectivity index (χ1n) is 6.08. The summed E-state index contributed by atoms with van der Waals surface area (Å²) in [5, 5.41) is 2.76. The van der Waals surface area contributed by atoms with E-state index in [0.717, 1.165) is 11.4 Å². The number of amides is 1. The molecular formula is C13H21N3O2. The summed E-state index contributed by atoms with van der Waals surface area (Å²) in [4.78, 5) is 13.3. The molecule has 0 aliphatic heterocycles. The molecule has 1 aromatic rings. The van der Waals surface area contributed by atoms with Gasteiger partial charge in [-0.3, -0.25) is 4.79 Å². The van der Waals surface area contributed by atoms with E-state index >= 15 is 0 Å². The first-order valence-corrected chi connectivity index (χ1v) is 6.08. The van der Waals surface area contributed by atoms with Crippen molar-refractivity contribution in [3.05, 3.63) is 18.2 Å². The van der Waals surface area contributed by atoms with E-state index < -0.39 is 0 Å². The molecule has 0 bridgehead atoms. The lowest BCUT2D eigenvalue weighted by Gasteiger charge is -2.20. The van der Waals surface area contributed by atoms with Crippen molar-refractivity contribution < 1.29 is 9.53 Å². The minimum Gasteiger partial charge on any atom is -0.494 e. The van der Waals surface area contributed by atoms with Crippen molar-refractivity contribution >= 4 is 17.3 Å². The van der Waals surface area contributed by atoms with Gasteiger partial charge in [0.05, 0.1) is 13.2 Å². The Morgan fingerprint density at radius 1 is 1.39 bits per heavy atom. The number of likely N-dealkylation sites (N-methyl/N-ethyl adjacent to an activating group) is 2. The maximum absolute atomic E-state index is 11.5. The third-order valence-electron chi connectivity index (χ3n) is 2.42. The quantitative estimate of drug-likeness (QED) is 0.746. The van der Waals surface area contributed by atoms with Gasteiger partial charge in [0.25, 0.3) is 0 Å². The molecule has 0 heterocycles. The Morgan fingerprint density at radius 3 is 2.72 bits per heavy atom. The number of ether oxygens (including phenoxy) is 1. The Morgan fingerprint density at radius 2 is 2.11 bits per heavy atom. The average molecular weight is 251 g/mol. The van der Waals surface area contributed by atoms with E-state index in [1.807, 2.05) is 37.9 Å². The van der Waals surface area contributed by atoms with Crippen LogP contribution in [0.15, 0.2) is 18.2 Å². The van der Waals surface area contributed by atoms with E-state index in [1.165, 1.54) is 0 Å². The number of nitrogen functional groups attached to an aromatic ring is 1. The van der Waals surface area contributed by atoms with Gasteiger partial charge in [-0.05, 0) is 19.9 Å². The second kappa shape index (κ2) is 6.74. The lowest BCUT2D eigenvalue weighted by molar-refractivity contribution is -0.119. The maximum atomic E-state index is 11.5. The molecule has 5 nitrogen and oxygen atoms in total. The molecule has 100 valence electrons. The highest BCUT2D eigenvalue weighted by Crippen LogP contribution is 2.24. The van der Waals surface area contributed by atoms with Crippen LogP contribution in [0.2, 0.25) is 0 Å². The normalized spacial score (nSPS) is 9.94. The number of anilines is 2. The van der Waals surface area contributed by atoms with Crippen LogP contribution in [0.1, 0.15) is 13.8 Å². The summed E-state index contributed by atoms with van der Waals surface area (Å²) in [5.41, 5.74) is 7.30. The van der Waals surface area contributed by atoms with Crippen LogP contribution in [-0.2, 0) is 4.79 Å². The molecule has 0 aromatic heterocycles. The molecule has 0 radical (unpaired) electrons. The molecule has 1 amide bonds. The second-order valence-corrected chi connectivity index (χ2v) is 4.00. The fourth-order valence-electron chi connectivity index (χ4n) is 1.64. The van der Waals surface area contributed by atoms with Gasteiger partial charge in [0.2, 0.25) is 5.91 Å². The van der Waals surface area contributed by atoms with Crippen molar-refractivity contribution in [3.63, 3.8) is 0 Å². The number of nitrogens with zero attached hydrogens (tertiary/aromatic N) is 1. The van der Waals surface area contributed by atoms with Crippen LogP contribution in [0.4, 0.5) is 11.4 Å². The molecular weight excluding hydrogens is 230 g/mol. The van der Waals surface area contributed by atoms with Gasteiger partial charge in [-0.1, -0.05) is 0 Å². The summed E-state index contributed by atoms with van der Waals surface area (Å²) in [6.07, 6.45) is 0. The van der Waals surface area contributed by atoms with Crippen molar-refractivity contribution in [3.8, 4) is 5.75 Å². The summed E-state index contributed by atoms with van der Waals surface area (Å²) >= 11 is 0. The molecule has 0 atom stereocenters. The predicted molar refractivity (Wildman–Crippen MR) is 74.0 cm³/mol. The van der Waals surface area contributed by atoms with Gasteiger partial charge in [0.15, 0.2) is 0 Å². The standard InChI is InChI=1S/C13H21N3O2/c1-4-15-13(17)9-16(3)11-6-10(14)7-12(8-11)18-5-2/h6-8H,4-5,9,14H2,1-3H3,(H,15,17). The Kier molecular flexibility index (Phi) is 5.30. The molecule has 18 heavy (non-hydrogen) atoms. The van der Waals surface area contributed by atoms with Crippen molar-refractivity contribution in [1.82, 2.24) is 5.32 Å². The Balaban J connectivity index is 2.78. The van der Waals surface area contributed by atoms with Crippen LogP contribution in [0.5, 0.6) is 5.75 Å². The molecule has 3 N–H and O–H groups in total. The summed E-state index contributed by atoms with van der Waals surface area (Å²) in [6, 6.07) is 5.47. The lowest BCUT2D eigenvalue weighted by Crippen LogP contribution is -2.34. The SMILES string of the molecule is CCNC(=O)CN(C)c1cc(N)cc(OCC)c1. The molecule has 0 unspecified atom stereocenters. The number of rotatable bonds is 6. The summed E-state index contributed by atoms with van der Waals surface area (Å²) < 4.78 is 5.42. The fourth-order valence-corrected chi connectivity index (χ4v) is 1.64. The number of carbonyl (C=O) groups is 1. The van der Waals surface area contributed by atoms with E-state index in [-0.39, 0.29) is 5.91 Å². The van der Waals surface area contributed by atoms with E-state index in [9.17, 15) is 4.79 Å². The lowest BCUT2D eigenvalue weighted by atomic mass is 10.2. The van der Waals surface area contributed by atoms with Crippen molar-refractivity contribution in [2.24, 2.45) is 0 Å². The van der Waals surface area contributed by atoms with Crippen molar-refractivity contribution in [1.29, 1.82) is 0 Å². The third-order valence-corrected chi connectivity index (χ3v) is 2.42. The minimum atomic E-state index is -0.0135. The second-order valence-electron chi connectivity index (χ2n) is 4.00. The Labute approximate surface area is 108 Å². The molecule has 0 aliphatic rings. The van der Waals surface area contributed by atoms with Crippen LogP contribution in [0, 0.1) is 0 Å². The highest BCUT2D eigenvalue weighted by Gasteiger charge is 2.08. The van der Waals surface area contributed by atoms with Crippen LogP contribution >= 0.6 is 0 Å².